The van der Waals surface area contributed by atoms with Gasteiger partial charge in [-0.1, -0.05) is 36.2 Å². The van der Waals surface area contributed by atoms with Gasteiger partial charge in [-0.15, -0.1) is 0 Å². The molecule has 0 saturated carbocycles. The summed E-state index contributed by atoms with van der Waals surface area (Å²) in [6, 6.07) is 3.96. The Morgan fingerprint density at radius 3 is 2.92 bits per heavy atom. The lowest BCUT2D eigenvalue weighted by molar-refractivity contribution is 0.571. The number of fused-ring (bicyclic) bond motifs is 1. The summed E-state index contributed by atoms with van der Waals surface area (Å²) in [5.74, 6) is 0.526. The summed E-state index contributed by atoms with van der Waals surface area (Å²) in [4.78, 5) is 0. The van der Waals surface area contributed by atoms with Crippen LogP contribution in [0.2, 0.25) is 10.0 Å². The molecule has 1 atom stereocenters. The Morgan fingerprint density at radius 1 is 1.38 bits per heavy atom. The highest BCUT2D eigenvalue weighted by molar-refractivity contribution is 6.42. The molecule has 1 aliphatic heterocycles. The van der Waals surface area contributed by atoms with Gasteiger partial charge in [-0.05, 0) is 23.1 Å². The summed E-state index contributed by atoms with van der Waals surface area (Å²) in [6.45, 7) is 4.04. The third-order valence-corrected chi connectivity index (χ3v) is 3.36. The van der Waals surface area contributed by atoms with Crippen molar-refractivity contribution in [2.45, 2.75) is 19.4 Å². The molecule has 2 rings (SSSR count). The largest absolute Gasteiger partial charge is 0.312 e. The Hall–Kier alpha value is -0.240. The van der Waals surface area contributed by atoms with Crippen LogP contribution in [0, 0.1) is 0 Å². The number of rotatable bonds is 0. The molecular weight excluding hydrogens is 205 g/mol. The lowest BCUT2D eigenvalue weighted by atomic mass is 9.92. The Morgan fingerprint density at radius 2 is 2.15 bits per heavy atom. The van der Waals surface area contributed by atoms with E-state index >= 15 is 0 Å². The summed E-state index contributed by atoms with van der Waals surface area (Å²) in [7, 11) is 0. The van der Waals surface area contributed by atoms with E-state index in [0.29, 0.717) is 16.0 Å². The van der Waals surface area contributed by atoms with Crippen molar-refractivity contribution >= 4 is 23.2 Å². The van der Waals surface area contributed by atoms with Crippen molar-refractivity contribution in [3.63, 3.8) is 0 Å². The highest BCUT2D eigenvalue weighted by Gasteiger charge is 2.19. The molecule has 1 nitrogen and oxygen atoms in total. The van der Waals surface area contributed by atoms with Crippen molar-refractivity contribution in [2.75, 3.05) is 6.54 Å². The van der Waals surface area contributed by atoms with Gasteiger partial charge in [-0.2, -0.15) is 0 Å². The molecule has 1 heterocycles. The summed E-state index contributed by atoms with van der Waals surface area (Å²) in [5.41, 5.74) is 2.49. The number of halogens is 2. The molecule has 3 heteroatoms. The van der Waals surface area contributed by atoms with Crippen LogP contribution in [-0.2, 0) is 6.54 Å². The van der Waals surface area contributed by atoms with Gasteiger partial charge in [0.1, 0.15) is 0 Å². The van der Waals surface area contributed by atoms with Crippen LogP contribution in [0.3, 0.4) is 0 Å². The van der Waals surface area contributed by atoms with Crippen molar-refractivity contribution in [3.8, 4) is 0 Å². The Balaban J connectivity index is 2.56. The normalized spacial score (nSPS) is 21.3. The second-order valence-electron chi connectivity index (χ2n) is 3.46. The van der Waals surface area contributed by atoms with Gasteiger partial charge in [0, 0.05) is 13.1 Å². The molecule has 0 spiro atoms. The first-order valence-corrected chi connectivity index (χ1v) is 5.13. The maximum atomic E-state index is 6.10. The van der Waals surface area contributed by atoms with Gasteiger partial charge in [0.05, 0.1) is 10.0 Å². The molecule has 0 aliphatic carbocycles. The minimum Gasteiger partial charge on any atom is -0.312 e. The lowest BCUT2D eigenvalue weighted by Gasteiger charge is -2.24. The van der Waals surface area contributed by atoms with E-state index in [1.807, 2.05) is 6.07 Å². The molecule has 0 bridgehead atoms. The molecule has 0 unspecified atom stereocenters. The zero-order chi connectivity index (χ0) is 9.42. The van der Waals surface area contributed by atoms with Crippen LogP contribution in [0.4, 0.5) is 0 Å². The van der Waals surface area contributed by atoms with E-state index in [-0.39, 0.29) is 0 Å². The van der Waals surface area contributed by atoms with Crippen LogP contribution >= 0.6 is 23.2 Å². The fourth-order valence-electron chi connectivity index (χ4n) is 1.77. The standard InChI is InChI=1S/C10H11Cl2N/c1-6-4-13-5-8-7(6)2-3-9(11)10(8)12/h2-3,6,13H,4-5H2,1H3/t6-/m0/s1. The van der Waals surface area contributed by atoms with E-state index < -0.39 is 0 Å². The maximum Gasteiger partial charge on any atom is 0.0640 e. The molecule has 0 saturated heterocycles. The highest BCUT2D eigenvalue weighted by atomic mass is 35.5. The Kier molecular flexibility index (Phi) is 2.50. The van der Waals surface area contributed by atoms with Gasteiger partial charge in [0.15, 0.2) is 0 Å². The summed E-state index contributed by atoms with van der Waals surface area (Å²) >= 11 is 12.0. The molecule has 1 N–H and O–H groups in total. The van der Waals surface area contributed by atoms with Crippen molar-refractivity contribution in [1.82, 2.24) is 5.32 Å². The van der Waals surface area contributed by atoms with E-state index in [0.717, 1.165) is 18.7 Å². The molecule has 1 aromatic carbocycles. The van der Waals surface area contributed by atoms with Crippen LogP contribution in [0.1, 0.15) is 24.0 Å². The predicted octanol–water partition coefficient (Wildman–Crippen LogP) is 3.20. The van der Waals surface area contributed by atoms with Crippen LogP contribution < -0.4 is 5.32 Å². The number of nitrogens with one attached hydrogen (secondary N) is 1. The number of benzene rings is 1. The Bertz CT molecular complexity index is 336. The zero-order valence-corrected chi connectivity index (χ0v) is 8.91. The number of hydrogen-bond donors (Lipinski definition) is 1. The van der Waals surface area contributed by atoms with Crippen LogP contribution in [-0.4, -0.2) is 6.54 Å². The van der Waals surface area contributed by atoms with Crippen LogP contribution in [0.15, 0.2) is 12.1 Å². The third kappa shape index (κ3) is 1.56. The van der Waals surface area contributed by atoms with Gasteiger partial charge >= 0.3 is 0 Å². The van der Waals surface area contributed by atoms with Gasteiger partial charge in [-0.25, -0.2) is 0 Å². The van der Waals surface area contributed by atoms with Crippen molar-refractivity contribution < 1.29 is 0 Å². The second kappa shape index (κ2) is 3.49. The number of hydrogen-bond acceptors (Lipinski definition) is 1. The van der Waals surface area contributed by atoms with Crippen molar-refractivity contribution in [2.24, 2.45) is 0 Å². The molecule has 0 aromatic heterocycles. The molecule has 1 aliphatic rings. The molecule has 13 heavy (non-hydrogen) atoms. The monoisotopic (exact) mass is 215 g/mol. The van der Waals surface area contributed by atoms with E-state index in [1.54, 1.807) is 0 Å². The van der Waals surface area contributed by atoms with Crippen molar-refractivity contribution in [1.29, 1.82) is 0 Å². The highest BCUT2D eigenvalue weighted by Crippen LogP contribution is 2.33. The smallest absolute Gasteiger partial charge is 0.0640 e. The minimum atomic E-state index is 0.526. The van der Waals surface area contributed by atoms with Crippen molar-refractivity contribution in [3.05, 3.63) is 33.3 Å². The molecule has 1 aromatic rings. The third-order valence-electron chi connectivity index (χ3n) is 2.52. The lowest BCUT2D eigenvalue weighted by Crippen LogP contribution is -2.26. The topological polar surface area (TPSA) is 12.0 Å². The fraction of sp³-hybridized carbons (Fsp3) is 0.400. The van der Waals surface area contributed by atoms with Gasteiger partial charge in [0.2, 0.25) is 0 Å². The van der Waals surface area contributed by atoms with E-state index in [1.165, 1.54) is 5.56 Å². The van der Waals surface area contributed by atoms with Crippen LogP contribution in [0.25, 0.3) is 0 Å². The van der Waals surface area contributed by atoms with E-state index in [9.17, 15) is 0 Å². The first-order chi connectivity index (χ1) is 6.20. The average molecular weight is 216 g/mol. The molecule has 0 amide bonds. The summed E-state index contributed by atoms with van der Waals surface area (Å²) in [6.07, 6.45) is 0. The quantitative estimate of drug-likeness (QED) is 0.702. The molecular formula is C10H11Cl2N. The molecule has 0 fully saturated rings. The minimum absolute atomic E-state index is 0.526. The molecule has 70 valence electrons. The summed E-state index contributed by atoms with van der Waals surface area (Å²) in [5, 5.41) is 4.67. The maximum absolute atomic E-state index is 6.10. The SMILES string of the molecule is C[C@H]1CNCc2c1ccc(Cl)c2Cl. The van der Waals surface area contributed by atoms with Crippen LogP contribution in [0.5, 0.6) is 0 Å². The van der Waals surface area contributed by atoms with E-state index in [2.05, 4.69) is 18.3 Å². The van der Waals surface area contributed by atoms with Gasteiger partial charge in [-0.3, -0.25) is 0 Å². The second-order valence-corrected chi connectivity index (χ2v) is 4.25. The van der Waals surface area contributed by atoms with E-state index in [4.69, 9.17) is 23.2 Å². The fourth-order valence-corrected chi connectivity index (χ4v) is 2.19. The summed E-state index contributed by atoms with van der Waals surface area (Å²) < 4.78 is 0. The van der Waals surface area contributed by atoms with Gasteiger partial charge in [0.25, 0.3) is 0 Å². The first kappa shape index (κ1) is 9.32. The zero-order valence-electron chi connectivity index (χ0n) is 7.40. The molecule has 0 radical (unpaired) electrons. The predicted molar refractivity (Wildman–Crippen MR) is 56.6 cm³/mol. The van der Waals surface area contributed by atoms with Gasteiger partial charge < -0.3 is 5.32 Å². The Labute approximate surface area is 88.0 Å². The first-order valence-electron chi connectivity index (χ1n) is 4.37. The average Bonchev–Trinajstić information content (AvgIpc) is 2.12.